The molecule has 0 amide bonds. The van der Waals surface area contributed by atoms with E-state index < -0.39 is 4.92 Å². The second-order valence-corrected chi connectivity index (χ2v) is 4.74. The Morgan fingerprint density at radius 3 is 2.43 bits per heavy atom. The molecular weight excluding hydrogens is 294 g/mol. The second kappa shape index (κ2) is 5.76. The molecule has 0 saturated heterocycles. The minimum atomic E-state index is -0.572. The highest BCUT2D eigenvalue weighted by Crippen LogP contribution is 2.34. The van der Waals surface area contributed by atoms with Crippen molar-refractivity contribution in [1.29, 1.82) is 0 Å². The molecule has 0 bridgehead atoms. The molecule has 2 aromatic carbocycles. The van der Waals surface area contributed by atoms with Gasteiger partial charge in [0.05, 0.1) is 10.6 Å². The SMILES string of the molecule is Cc1c(N)ccc(N=Nc2ccc(Cl)cc2[N+](=O)[O-])c1N. The second-order valence-electron chi connectivity index (χ2n) is 4.30. The zero-order valence-electron chi connectivity index (χ0n) is 11.1. The third kappa shape index (κ3) is 3.09. The van der Waals surface area contributed by atoms with Gasteiger partial charge in [0.15, 0.2) is 5.69 Å². The van der Waals surface area contributed by atoms with Crippen molar-refractivity contribution in [3.63, 3.8) is 0 Å². The van der Waals surface area contributed by atoms with Crippen LogP contribution >= 0.6 is 11.6 Å². The summed E-state index contributed by atoms with van der Waals surface area (Å²) >= 11 is 5.73. The van der Waals surface area contributed by atoms with Gasteiger partial charge in [0.2, 0.25) is 0 Å². The summed E-state index contributed by atoms with van der Waals surface area (Å²) in [4.78, 5) is 10.4. The Morgan fingerprint density at radius 1 is 1.14 bits per heavy atom. The van der Waals surface area contributed by atoms with Gasteiger partial charge in [-0.05, 0) is 36.8 Å². The van der Waals surface area contributed by atoms with E-state index in [1.165, 1.54) is 18.2 Å². The number of hydrogen-bond donors (Lipinski definition) is 2. The van der Waals surface area contributed by atoms with Crippen LogP contribution in [0.5, 0.6) is 0 Å². The monoisotopic (exact) mass is 305 g/mol. The maximum Gasteiger partial charge on any atom is 0.298 e. The van der Waals surface area contributed by atoms with E-state index >= 15 is 0 Å². The Morgan fingerprint density at radius 2 is 1.76 bits per heavy atom. The molecule has 2 aromatic rings. The molecule has 0 atom stereocenters. The van der Waals surface area contributed by atoms with E-state index in [0.29, 0.717) is 22.6 Å². The van der Waals surface area contributed by atoms with Gasteiger partial charge < -0.3 is 11.5 Å². The summed E-state index contributed by atoms with van der Waals surface area (Å²) in [5.74, 6) is 0. The molecule has 0 fully saturated rings. The lowest BCUT2D eigenvalue weighted by Gasteiger charge is -2.06. The molecule has 0 aliphatic carbocycles. The number of anilines is 2. The smallest absolute Gasteiger partial charge is 0.298 e. The van der Waals surface area contributed by atoms with E-state index in [-0.39, 0.29) is 16.4 Å². The summed E-state index contributed by atoms with van der Waals surface area (Å²) < 4.78 is 0. The minimum Gasteiger partial charge on any atom is -0.398 e. The first-order valence-corrected chi connectivity index (χ1v) is 6.28. The lowest BCUT2D eigenvalue weighted by molar-refractivity contribution is -0.384. The maximum atomic E-state index is 11.0. The van der Waals surface area contributed by atoms with E-state index in [1.807, 2.05) is 0 Å². The van der Waals surface area contributed by atoms with Gasteiger partial charge in [0.25, 0.3) is 5.69 Å². The van der Waals surface area contributed by atoms with Crippen molar-refractivity contribution in [3.8, 4) is 0 Å². The highest BCUT2D eigenvalue weighted by atomic mass is 35.5. The first kappa shape index (κ1) is 14.7. The Hall–Kier alpha value is -2.67. The lowest BCUT2D eigenvalue weighted by Crippen LogP contribution is -1.95. The van der Waals surface area contributed by atoms with Gasteiger partial charge in [0.1, 0.15) is 5.69 Å². The molecule has 7 nitrogen and oxygen atoms in total. The zero-order valence-corrected chi connectivity index (χ0v) is 11.8. The standard InChI is InChI=1S/C13H12ClN5O2/c1-7-9(15)3-5-11(13(7)16)18-17-10-4-2-8(14)6-12(10)19(20)21/h2-6H,15-16H2,1H3. The number of nitrogen functional groups attached to an aromatic ring is 2. The van der Waals surface area contributed by atoms with Crippen molar-refractivity contribution in [2.75, 3.05) is 11.5 Å². The summed E-state index contributed by atoms with van der Waals surface area (Å²) in [7, 11) is 0. The summed E-state index contributed by atoms with van der Waals surface area (Å²) in [6.07, 6.45) is 0. The molecule has 21 heavy (non-hydrogen) atoms. The third-order valence-corrected chi connectivity index (χ3v) is 3.17. The van der Waals surface area contributed by atoms with E-state index in [4.69, 9.17) is 23.1 Å². The van der Waals surface area contributed by atoms with Crippen LogP contribution in [0, 0.1) is 17.0 Å². The lowest BCUT2D eigenvalue weighted by atomic mass is 10.1. The van der Waals surface area contributed by atoms with Crippen LogP contribution in [0.2, 0.25) is 5.02 Å². The number of nitrogens with zero attached hydrogens (tertiary/aromatic N) is 3. The van der Waals surface area contributed by atoms with Gasteiger partial charge >= 0.3 is 0 Å². The number of rotatable bonds is 3. The molecule has 8 heteroatoms. The quantitative estimate of drug-likeness (QED) is 0.383. The van der Waals surface area contributed by atoms with Gasteiger partial charge in [0, 0.05) is 16.8 Å². The Balaban J connectivity index is 2.43. The van der Waals surface area contributed by atoms with Gasteiger partial charge in [-0.2, -0.15) is 0 Å². The molecule has 0 aliphatic heterocycles. The van der Waals surface area contributed by atoms with Crippen LogP contribution in [-0.2, 0) is 0 Å². The number of azo groups is 1. The fraction of sp³-hybridized carbons (Fsp3) is 0.0769. The van der Waals surface area contributed by atoms with Crippen LogP contribution in [0.3, 0.4) is 0 Å². The van der Waals surface area contributed by atoms with Crippen molar-refractivity contribution in [3.05, 3.63) is 51.0 Å². The fourth-order valence-electron chi connectivity index (χ4n) is 1.65. The van der Waals surface area contributed by atoms with Crippen molar-refractivity contribution in [2.45, 2.75) is 6.92 Å². The average molecular weight is 306 g/mol. The van der Waals surface area contributed by atoms with Crippen LogP contribution in [0.25, 0.3) is 0 Å². The van der Waals surface area contributed by atoms with Gasteiger partial charge in [-0.25, -0.2) is 0 Å². The molecule has 0 radical (unpaired) electrons. The molecule has 0 aromatic heterocycles. The highest BCUT2D eigenvalue weighted by molar-refractivity contribution is 6.30. The van der Waals surface area contributed by atoms with Crippen LogP contribution in [0.1, 0.15) is 5.56 Å². The topological polar surface area (TPSA) is 120 Å². The highest BCUT2D eigenvalue weighted by Gasteiger charge is 2.14. The van der Waals surface area contributed by atoms with Crippen molar-refractivity contribution < 1.29 is 4.92 Å². The van der Waals surface area contributed by atoms with E-state index in [0.717, 1.165) is 0 Å². The largest absolute Gasteiger partial charge is 0.398 e. The summed E-state index contributed by atoms with van der Waals surface area (Å²) in [6, 6.07) is 7.39. The number of halogens is 1. The molecule has 0 heterocycles. The number of hydrogen-bond acceptors (Lipinski definition) is 6. The van der Waals surface area contributed by atoms with Crippen molar-refractivity contribution in [1.82, 2.24) is 0 Å². The van der Waals surface area contributed by atoms with Crippen molar-refractivity contribution >= 4 is 40.0 Å². The van der Waals surface area contributed by atoms with Crippen LogP contribution < -0.4 is 11.5 Å². The number of nitrogens with two attached hydrogens (primary N) is 2. The van der Waals surface area contributed by atoms with E-state index in [1.54, 1.807) is 19.1 Å². The summed E-state index contributed by atoms with van der Waals surface area (Å²) in [5.41, 5.74) is 13.5. The molecule has 0 saturated carbocycles. The fourth-order valence-corrected chi connectivity index (χ4v) is 1.82. The summed E-state index contributed by atoms with van der Waals surface area (Å²) in [6.45, 7) is 1.76. The molecule has 4 N–H and O–H groups in total. The molecule has 108 valence electrons. The Labute approximate surface area is 125 Å². The third-order valence-electron chi connectivity index (χ3n) is 2.93. The predicted molar refractivity (Wildman–Crippen MR) is 82.3 cm³/mol. The molecule has 0 aliphatic rings. The van der Waals surface area contributed by atoms with Gasteiger partial charge in [-0.15, -0.1) is 10.2 Å². The minimum absolute atomic E-state index is 0.0956. The van der Waals surface area contributed by atoms with Crippen LogP contribution in [0.15, 0.2) is 40.6 Å². The summed E-state index contributed by atoms with van der Waals surface area (Å²) in [5, 5.41) is 19.0. The van der Waals surface area contributed by atoms with Gasteiger partial charge in [-0.3, -0.25) is 10.1 Å². The first-order valence-electron chi connectivity index (χ1n) is 5.90. The molecule has 0 unspecified atom stereocenters. The van der Waals surface area contributed by atoms with E-state index in [9.17, 15) is 10.1 Å². The molecular formula is C13H12ClN5O2. The Bertz CT molecular complexity index is 746. The number of benzene rings is 2. The normalized spacial score (nSPS) is 11.0. The van der Waals surface area contributed by atoms with E-state index in [2.05, 4.69) is 10.2 Å². The molecule has 0 spiro atoms. The predicted octanol–water partition coefficient (Wildman–Crippen LogP) is 4.14. The Kier molecular flexibility index (Phi) is 4.04. The van der Waals surface area contributed by atoms with Gasteiger partial charge in [-0.1, -0.05) is 11.6 Å². The zero-order chi connectivity index (χ0) is 15.6. The van der Waals surface area contributed by atoms with Crippen molar-refractivity contribution in [2.24, 2.45) is 10.2 Å². The van der Waals surface area contributed by atoms with Crippen LogP contribution in [0.4, 0.5) is 28.4 Å². The van der Waals surface area contributed by atoms with Crippen LogP contribution in [-0.4, -0.2) is 4.92 Å². The first-order chi connectivity index (χ1) is 9.90. The number of nitro benzene ring substituents is 1. The maximum absolute atomic E-state index is 11.0. The number of nitro groups is 1. The molecule has 2 rings (SSSR count). The average Bonchev–Trinajstić information content (AvgIpc) is 2.45.